The monoisotopic (exact) mass is 452 g/mol. The predicted octanol–water partition coefficient (Wildman–Crippen LogP) is 5.51. The minimum Gasteiger partial charge on any atom is -0.382 e. The van der Waals surface area contributed by atoms with Crippen molar-refractivity contribution < 1.29 is 0 Å². The van der Waals surface area contributed by atoms with Crippen molar-refractivity contribution >= 4 is 39.1 Å². The minimum absolute atomic E-state index is 0.319. The van der Waals surface area contributed by atoms with Crippen LogP contribution in [0.2, 0.25) is 0 Å². The molecule has 0 saturated heterocycles. The van der Waals surface area contributed by atoms with Crippen LogP contribution in [0.5, 0.6) is 0 Å². The van der Waals surface area contributed by atoms with E-state index in [-0.39, 0.29) is 0 Å². The molecule has 0 radical (unpaired) electrons. The highest BCUT2D eigenvalue weighted by Gasteiger charge is 2.17. The Morgan fingerprint density at radius 3 is 2.70 bits per heavy atom. The molecule has 0 aliphatic rings. The third-order valence-corrected chi connectivity index (χ3v) is 6.21. The molecule has 0 spiro atoms. The van der Waals surface area contributed by atoms with Gasteiger partial charge < -0.3 is 10.3 Å². The molecule has 162 valence electrons. The molecule has 0 bridgehead atoms. The first-order valence-electron chi connectivity index (χ1n) is 10.6. The molecule has 0 fully saturated rings. The van der Waals surface area contributed by atoms with Crippen LogP contribution in [0.15, 0.2) is 60.5 Å². The summed E-state index contributed by atoms with van der Waals surface area (Å²) in [6, 6.07) is 10.4. The Morgan fingerprint density at radius 2 is 1.85 bits per heavy atom. The number of aromatic nitrogens is 7. The number of H-pyrrole nitrogens is 2. The lowest BCUT2D eigenvalue weighted by molar-refractivity contribution is 0.898. The van der Waals surface area contributed by atoms with Crippen molar-refractivity contribution in [3.05, 3.63) is 60.5 Å². The fraction of sp³-hybridized carbons (Fsp3) is 0.125. The third kappa shape index (κ3) is 3.52. The molecule has 6 aromatic heterocycles. The third-order valence-electron chi connectivity index (χ3n) is 5.30. The maximum atomic E-state index is 4.91. The average molecular weight is 453 g/mol. The van der Waals surface area contributed by atoms with E-state index in [9.17, 15) is 0 Å². The highest BCUT2D eigenvalue weighted by Crippen LogP contribution is 2.33. The number of aromatic amines is 2. The Balaban J connectivity index is 1.45. The number of hydrogen-bond donors (Lipinski definition) is 3. The van der Waals surface area contributed by atoms with Crippen LogP contribution in [0.3, 0.4) is 0 Å². The molecular weight excluding hydrogens is 432 g/mol. The van der Waals surface area contributed by atoms with Gasteiger partial charge in [-0.25, -0.2) is 9.97 Å². The Kier molecular flexibility index (Phi) is 4.62. The number of anilines is 1. The zero-order chi connectivity index (χ0) is 22.4. The summed E-state index contributed by atoms with van der Waals surface area (Å²) in [5.41, 5.74) is 7.71. The fourth-order valence-electron chi connectivity index (χ4n) is 3.87. The lowest BCUT2D eigenvalue weighted by Gasteiger charge is -2.10. The van der Waals surface area contributed by atoms with Gasteiger partial charge >= 0.3 is 0 Å². The van der Waals surface area contributed by atoms with E-state index in [4.69, 9.17) is 9.97 Å². The smallest absolute Gasteiger partial charge is 0.161 e. The topological polar surface area (TPSA) is 108 Å². The highest BCUT2D eigenvalue weighted by molar-refractivity contribution is 7.13. The van der Waals surface area contributed by atoms with Crippen LogP contribution in [0.1, 0.15) is 13.8 Å². The number of hydrogen-bond acceptors (Lipinski definition) is 7. The van der Waals surface area contributed by atoms with Gasteiger partial charge in [0, 0.05) is 40.6 Å². The van der Waals surface area contributed by atoms with E-state index < -0.39 is 0 Å². The van der Waals surface area contributed by atoms with Crippen LogP contribution in [0.25, 0.3) is 55.3 Å². The molecule has 0 aliphatic carbocycles. The van der Waals surface area contributed by atoms with Gasteiger partial charge in [0.1, 0.15) is 11.0 Å². The van der Waals surface area contributed by atoms with Crippen molar-refractivity contribution in [2.45, 2.75) is 19.9 Å². The second-order valence-corrected chi connectivity index (χ2v) is 9.02. The molecule has 33 heavy (non-hydrogen) atoms. The molecule has 8 nitrogen and oxygen atoms in total. The van der Waals surface area contributed by atoms with Gasteiger partial charge in [-0.05, 0) is 43.5 Å². The largest absolute Gasteiger partial charge is 0.382 e. The summed E-state index contributed by atoms with van der Waals surface area (Å²) in [4.78, 5) is 23.0. The lowest BCUT2D eigenvalue weighted by atomic mass is 10.1. The number of rotatable bonds is 5. The number of nitrogens with zero attached hydrogens (tertiary/aromatic N) is 5. The lowest BCUT2D eigenvalue weighted by Crippen LogP contribution is -2.09. The summed E-state index contributed by atoms with van der Waals surface area (Å²) in [6.45, 7) is 4.20. The van der Waals surface area contributed by atoms with E-state index in [1.807, 2.05) is 36.8 Å². The van der Waals surface area contributed by atoms with Crippen LogP contribution in [0.4, 0.5) is 5.69 Å². The van der Waals surface area contributed by atoms with Gasteiger partial charge in [0.05, 0.1) is 28.6 Å². The van der Waals surface area contributed by atoms with Crippen LogP contribution in [-0.2, 0) is 0 Å². The maximum Gasteiger partial charge on any atom is 0.161 e. The summed E-state index contributed by atoms with van der Waals surface area (Å²) < 4.78 is 0. The predicted molar refractivity (Wildman–Crippen MR) is 132 cm³/mol. The first-order valence-corrected chi connectivity index (χ1v) is 11.5. The standard InChI is InChI=1S/C24H20N8S/c1-13(2)27-15-8-14(9-25-10-15)17-5-6-18-22(28-17)23(32-31-18)24-29-19-12-26-11-16(21(19)30-24)20-4-3-7-33-20/h3-13,27H,1-2H3,(H,29,30)(H,31,32). The Morgan fingerprint density at radius 1 is 0.939 bits per heavy atom. The van der Waals surface area contributed by atoms with E-state index in [1.54, 1.807) is 17.5 Å². The van der Waals surface area contributed by atoms with Gasteiger partial charge in [0.2, 0.25) is 0 Å². The molecule has 0 atom stereocenters. The van der Waals surface area contributed by atoms with Crippen LogP contribution in [-0.4, -0.2) is 41.2 Å². The normalized spacial score (nSPS) is 11.6. The molecule has 0 amide bonds. The molecule has 6 rings (SSSR count). The Hall–Kier alpha value is -4.11. The molecule has 0 unspecified atom stereocenters. The molecule has 6 heterocycles. The van der Waals surface area contributed by atoms with E-state index in [0.29, 0.717) is 17.6 Å². The van der Waals surface area contributed by atoms with Crippen LogP contribution in [0, 0.1) is 0 Å². The molecule has 3 N–H and O–H groups in total. The summed E-state index contributed by atoms with van der Waals surface area (Å²) >= 11 is 1.67. The van der Waals surface area contributed by atoms with Crippen molar-refractivity contribution in [2.24, 2.45) is 0 Å². The number of pyridine rings is 3. The van der Waals surface area contributed by atoms with Gasteiger partial charge in [-0.1, -0.05) is 6.07 Å². The van der Waals surface area contributed by atoms with Crippen LogP contribution >= 0.6 is 11.3 Å². The van der Waals surface area contributed by atoms with Crippen molar-refractivity contribution in [3.8, 4) is 33.2 Å². The van der Waals surface area contributed by atoms with Gasteiger partial charge in [0.15, 0.2) is 11.5 Å². The molecule has 0 aromatic carbocycles. The first kappa shape index (κ1) is 19.6. The van der Waals surface area contributed by atoms with E-state index in [0.717, 1.165) is 49.5 Å². The Bertz CT molecular complexity index is 1580. The van der Waals surface area contributed by atoms with Gasteiger partial charge in [0.25, 0.3) is 0 Å². The van der Waals surface area contributed by atoms with E-state index in [1.165, 1.54) is 0 Å². The van der Waals surface area contributed by atoms with Gasteiger partial charge in [-0.15, -0.1) is 11.3 Å². The molecule has 0 saturated carbocycles. The van der Waals surface area contributed by atoms with Crippen molar-refractivity contribution in [1.29, 1.82) is 0 Å². The van der Waals surface area contributed by atoms with Crippen molar-refractivity contribution in [2.75, 3.05) is 5.32 Å². The SMILES string of the molecule is CC(C)Nc1cncc(-c2ccc3[nH]nc(-c4nc5c(-c6cccs6)cncc5[nH]4)c3n2)c1. The number of fused-ring (bicyclic) bond motifs is 2. The summed E-state index contributed by atoms with van der Waals surface area (Å²) in [5, 5.41) is 13.0. The molecule has 9 heteroatoms. The summed E-state index contributed by atoms with van der Waals surface area (Å²) in [5.74, 6) is 0.653. The maximum absolute atomic E-state index is 4.91. The second kappa shape index (κ2) is 7.79. The number of thiophene rings is 1. The zero-order valence-electron chi connectivity index (χ0n) is 18.0. The highest BCUT2D eigenvalue weighted by atomic mass is 32.1. The van der Waals surface area contributed by atoms with Gasteiger partial charge in [-0.3, -0.25) is 15.1 Å². The van der Waals surface area contributed by atoms with Gasteiger partial charge in [-0.2, -0.15) is 5.10 Å². The molecular formula is C24H20N8S. The zero-order valence-corrected chi connectivity index (χ0v) is 18.8. The summed E-state index contributed by atoms with van der Waals surface area (Å²) in [6.07, 6.45) is 7.27. The quantitative estimate of drug-likeness (QED) is 0.318. The van der Waals surface area contributed by atoms with E-state index >= 15 is 0 Å². The fourth-order valence-corrected chi connectivity index (χ4v) is 4.61. The van der Waals surface area contributed by atoms with Crippen molar-refractivity contribution in [3.63, 3.8) is 0 Å². The van der Waals surface area contributed by atoms with Crippen LogP contribution < -0.4 is 5.32 Å². The molecule has 0 aliphatic heterocycles. The average Bonchev–Trinajstić information content (AvgIpc) is 3.57. The number of imidazole rings is 1. The van der Waals surface area contributed by atoms with E-state index in [2.05, 4.69) is 61.8 Å². The minimum atomic E-state index is 0.319. The van der Waals surface area contributed by atoms with Crippen molar-refractivity contribution in [1.82, 2.24) is 35.1 Å². The second-order valence-electron chi connectivity index (χ2n) is 8.07. The first-order chi connectivity index (χ1) is 16.2. The molecule has 6 aromatic rings. The number of nitrogens with one attached hydrogen (secondary N) is 3. The summed E-state index contributed by atoms with van der Waals surface area (Å²) in [7, 11) is 0. The Labute approximate surface area is 193 Å².